The molecule has 0 bridgehead atoms. The van der Waals surface area contributed by atoms with Gasteiger partial charge < -0.3 is 33.8 Å². The Bertz CT molecular complexity index is 1890. The number of unbranched alkanes of at least 4 members (excludes halogenated alkanes) is 43. The van der Waals surface area contributed by atoms with Crippen LogP contribution in [0.25, 0.3) is 0 Å². The summed E-state index contributed by atoms with van der Waals surface area (Å²) in [4.78, 5) is 72.6. The molecule has 0 rings (SSSR count). The van der Waals surface area contributed by atoms with Gasteiger partial charge in [0.2, 0.25) is 0 Å². The van der Waals surface area contributed by atoms with Gasteiger partial charge in [-0.2, -0.15) is 0 Å². The molecule has 3 N–H and O–H groups in total. The molecule has 6 atom stereocenters. The molecule has 3 unspecified atom stereocenters. The molecule has 0 saturated heterocycles. The van der Waals surface area contributed by atoms with Gasteiger partial charge in [0, 0.05) is 25.7 Å². The fraction of sp³-hybridized carbons (Fsp3) is 0.949. The molecule has 17 nitrogen and oxygen atoms in total. The normalized spacial score (nSPS) is 14.3. The molecule has 0 aromatic heterocycles. The first-order chi connectivity index (χ1) is 46.8. The van der Waals surface area contributed by atoms with Crippen molar-refractivity contribution in [1.29, 1.82) is 0 Å². The number of phosphoric ester groups is 2. The molecule has 0 saturated carbocycles. The van der Waals surface area contributed by atoms with E-state index in [9.17, 15) is 43.2 Å². The van der Waals surface area contributed by atoms with Crippen LogP contribution in [0.15, 0.2) is 0 Å². The summed E-state index contributed by atoms with van der Waals surface area (Å²) in [5.74, 6) is 0.274. The first-order valence-corrected chi connectivity index (χ1v) is 43.4. The number of hydrogen-bond donors (Lipinski definition) is 3. The van der Waals surface area contributed by atoms with Gasteiger partial charge in [0.15, 0.2) is 12.2 Å². The predicted octanol–water partition coefficient (Wildman–Crippen LogP) is 23.0. The van der Waals surface area contributed by atoms with Crippen LogP contribution in [-0.2, 0) is 65.4 Å². The summed E-state index contributed by atoms with van der Waals surface area (Å²) in [5.41, 5.74) is 0. The molecule has 0 aliphatic heterocycles. The molecule has 0 heterocycles. The Kier molecular flexibility index (Phi) is 67.1. The van der Waals surface area contributed by atoms with Crippen LogP contribution in [0.1, 0.15) is 402 Å². The topological polar surface area (TPSA) is 237 Å². The Labute approximate surface area is 594 Å². The van der Waals surface area contributed by atoms with E-state index >= 15 is 0 Å². The number of carbonyl (C=O) groups excluding carboxylic acids is 4. The number of hydrogen-bond acceptors (Lipinski definition) is 15. The van der Waals surface area contributed by atoms with Gasteiger partial charge >= 0.3 is 39.5 Å². The Morgan fingerprint density at radius 3 is 0.784 bits per heavy atom. The van der Waals surface area contributed by atoms with Crippen molar-refractivity contribution in [2.75, 3.05) is 39.6 Å². The lowest BCUT2D eigenvalue weighted by atomic mass is 9.99. The SMILES string of the molecule is CCCCCCCC(=O)OC[C@H](COP(=O)(O)OC[C@H](O)COP(=O)(O)OC[C@@H](COC(=O)CCCCCCCCCCCCCCCCCCC(C)C)OC(=O)CCCCCCCCCCCCCCCCCCCCC(C)C)OC(=O)CCCCCCCCCCC(C)CC. The monoisotopic (exact) mass is 1420 g/mol. The van der Waals surface area contributed by atoms with Gasteiger partial charge in [-0.1, -0.05) is 350 Å². The van der Waals surface area contributed by atoms with Gasteiger partial charge in [0.25, 0.3) is 0 Å². The van der Waals surface area contributed by atoms with E-state index in [4.69, 9.17) is 37.0 Å². The minimum atomic E-state index is -4.96. The van der Waals surface area contributed by atoms with Crippen LogP contribution in [0.2, 0.25) is 0 Å². The first-order valence-electron chi connectivity index (χ1n) is 40.4. The van der Waals surface area contributed by atoms with Crippen LogP contribution in [0, 0.1) is 17.8 Å². The van der Waals surface area contributed by atoms with Crippen molar-refractivity contribution in [2.24, 2.45) is 17.8 Å². The highest BCUT2D eigenvalue weighted by Gasteiger charge is 2.30. The molecule has 0 fully saturated rings. The van der Waals surface area contributed by atoms with Crippen molar-refractivity contribution >= 4 is 39.5 Å². The molecule has 0 radical (unpaired) electrons. The van der Waals surface area contributed by atoms with Crippen LogP contribution in [0.3, 0.4) is 0 Å². The van der Waals surface area contributed by atoms with Crippen LogP contribution in [0.5, 0.6) is 0 Å². The molecule has 576 valence electrons. The molecule has 0 aromatic carbocycles. The number of ether oxygens (including phenoxy) is 4. The van der Waals surface area contributed by atoms with E-state index < -0.39 is 97.5 Å². The molecule has 19 heteroatoms. The minimum Gasteiger partial charge on any atom is -0.462 e. The summed E-state index contributed by atoms with van der Waals surface area (Å²) in [5, 5.41) is 10.6. The largest absolute Gasteiger partial charge is 0.472 e. The standard InChI is InChI=1S/C78H152O17P2/c1-8-10-11-42-52-59-75(80)88-65-73(94-78(83)62-55-48-41-35-34-38-45-51-58-71(7)9-2)67-92-96(84,85)90-63-72(79)64-91-97(86,87)93-68-74(66-89-76(81)60-53-46-39-32-28-24-20-17-16-19-23-27-31-37-44-50-57-70(5)6)95-77(82)61-54-47-40-33-29-25-21-15-13-12-14-18-22-26-30-36-43-49-56-69(3)4/h69-74,79H,8-68H2,1-7H3,(H,84,85)(H,86,87)/t71?,72-,73+,74+/m0/s1. The molecule has 0 aliphatic carbocycles. The fourth-order valence-corrected chi connectivity index (χ4v) is 13.5. The molecular weight excluding hydrogens is 1270 g/mol. The highest BCUT2D eigenvalue weighted by atomic mass is 31.2. The number of aliphatic hydroxyl groups is 1. The molecular formula is C78H152O17P2. The zero-order valence-corrected chi connectivity index (χ0v) is 65.3. The third-order valence-electron chi connectivity index (χ3n) is 18.5. The summed E-state index contributed by atoms with van der Waals surface area (Å²) >= 11 is 0. The van der Waals surface area contributed by atoms with E-state index in [0.717, 1.165) is 114 Å². The predicted molar refractivity (Wildman–Crippen MR) is 395 cm³/mol. The van der Waals surface area contributed by atoms with Crippen molar-refractivity contribution in [3.8, 4) is 0 Å². The Hall–Kier alpha value is -1.94. The molecule has 97 heavy (non-hydrogen) atoms. The lowest BCUT2D eigenvalue weighted by molar-refractivity contribution is -0.161. The van der Waals surface area contributed by atoms with Crippen LogP contribution < -0.4 is 0 Å². The second kappa shape index (κ2) is 68.5. The Morgan fingerprint density at radius 1 is 0.299 bits per heavy atom. The number of esters is 4. The van der Waals surface area contributed by atoms with Gasteiger partial charge in [0.05, 0.1) is 26.4 Å². The summed E-state index contributed by atoms with van der Waals surface area (Å²) in [7, 11) is -9.90. The van der Waals surface area contributed by atoms with Crippen LogP contribution in [-0.4, -0.2) is 96.7 Å². The maximum Gasteiger partial charge on any atom is 0.472 e. The van der Waals surface area contributed by atoms with Crippen LogP contribution >= 0.6 is 15.6 Å². The quantitative estimate of drug-likeness (QED) is 0.0222. The fourth-order valence-electron chi connectivity index (χ4n) is 11.9. The Balaban J connectivity index is 5.12. The number of rotatable bonds is 76. The van der Waals surface area contributed by atoms with Crippen molar-refractivity contribution in [1.82, 2.24) is 0 Å². The van der Waals surface area contributed by atoms with Gasteiger partial charge in [0.1, 0.15) is 19.3 Å². The average Bonchev–Trinajstić information content (AvgIpc) is 1.10. The smallest absolute Gasteiger partial charge is 0.462 e. The van der Waals surface area contributed by atoms with Gasteiger partial charge in [-0.3, -0.25) is 37.3 Å². The van der Waals surface area contributed by atoms with E-state index in [-0.39, 0.29) is 25.7 Å². The number of phosphoric acid groups is 2. The van der Waals surface area contributed by atoms with Gasteiger partial charge in [-0.15, -0.1) is 0 Å². The highest BCUT2D eigenvalue weighted by Crippen LogP contribution is 2.45. The maximum absolute atomic E-state index is 13.1. The summed E-state index contributed by atoms with van der Waals surface area (Å²) in [6, 6.07) is 0. The van der Waals surface area contributed by atoms with Crippen molar-refractivity contribution in [3.05, 3.63) is 0 Å². The van der Waals surface area contributed by atoms with E-state index in [0.29, 0.717) is 25.7 Å². The lowest BCUT2D eigenvalue weighted by Crippen LogP contribution is -2.30. The maximum atomic E-state index is 13.1. The Morgan fingerprint density at radius 2 is 0.526 bits per heavy atom. The average molecular weight is 1420 g/mol. The van der Waals surface area contributed by atoms with Crippen molar-refractivity contribution < 1.29 is 80.2 Å². The minimum absolute atomic E-state index is 0.104. The van der Waals surface area contributed by atoms with E-state index in [1.165, 1.54) is 205 Å². The molecule has 0 aliphatic rings. The van der Waals surface area contributed by atoms with E-state index in [1.54, 1.807) is 0 Å². The van der Waals surface area contributed by atoms with Gasteiger partial charge in [-0.05, 0) is 43.4 Å². The van der Waals surface area contributed by atoms with E-state index in [1.807, 2.05) is 0 Å². The summed E-state index contributed by atoms with van der Waals surface area (Å²) in [6.45, 7) is 11.9. The summed E-state index contributed by atoms with van der Waals surface area (Å²) < 4.78 is 68.3. The van der Waals surface area contributed by atoms with Gasteiger partial charge in [-0.25, -0.2) is 9.13 Å². The molecule has 0 spiro atoms. The van der Waals surface area contributed by atoms with E-state index in [2.05, 4.69) is 48.5 Å². The zero-order chi connectivity index (χ0) is 71.6. The lowest BCUT2D eigenvalue weighted by Gasteiger charge is -2.21. The zero-order valence-electron chi connectivity index (χ0n) is 63.5. The second-order valence-corrected chi connectivity index (χ2v) is 32.2. The van der Waals surface area contributed by atoms with Crippen molar-refractivity contribution in [3.63, 3.8) is 0 Å². The van der Waals surface area contributed by atoms with Crippen molar-refractivity contribution in [2.45, 2.75) is 420 Å². The number of carbonyl (C=O) groups is 4. The third-order valence-corrected chi connectivity index (χ3v) is 20.4. The first kappa shape index (κ1) is 95.1. The third kappa shape index (κ3) is 70.9. The highest BCUT2D eigenvalue weighted by molar-refractivity contribution is 7.47. The summed E-state index contributed by atoms with van der Waals surface area (Å²) in [6.07, 6.45) is 56.0. The number of aliphatic hydroxyl groups excluding tert-OH is 1. The molecule has 0 amide bonds. The second-order valence-electron chi connectivity index (χ2n) is 29.3. The van der Waals surface area contributed by atoms with Crippen LogP contribution in [0.4, 0.5) is 0 Å². The molecule has 0 aromatic rings.